The number of likely N-dealkylation sites (tertiary alicyclic amines) is 1. The molecule has 27 heavy (non-hydrogen) atoms. The van der Waals surface area contributed by atoms with Gasteiger partial charge in [0.05, 0.1) is 16.6 Å². The summed E-state index contributed by atoms with van der Waals surface area (Å²) in [4.78, 5) is 28.3. The molecule has 1 aliphatic rings. The smallest absolute Gasteiger partial charge is 0.220 e. The number of nitrogens with zero attached hydrogens (tertiary/aromatic N) is 4. The Bertz CT molecular complexity index is 970. The van der Waals surface area contributed by atoms with Crippen LogP contribution in [0.5, 0.6) is 0 Å². The van der Waals surface area contributed by atoms with Crippen LogP contribution in [0.3, 0.4) is 0 Å². The Balaban J connectivity index is 1.56. The third-order valence-corrected chi connectivity index (χ3v) is 5.76. The molecule has 0 radical (unpaired) electrons. The topological polar surface area (TPSA) is 71.0 Å². The van der Waals surface area contributed by atoms with Crippen LogP contribution < -0.4 is 5.32 Å². The molecular formula is C20H21N5OS. The standard InChI is InChI=1S/C20H21N5OS/c1-13-8-9-21-19(11-13)24-18-7-3-5-15(23-18)17-12-22-20(27-17)16-6-4-10-25(16)14(2)26/h3,5,7-9,11-12,16H,4,6,10H2,1-2H3,(H,21,23,24). The van der Waals surface area contributed by atoms with Crippen molar-refractivity contribution in [3.05, 3.63) is 53.3 Å². The van der Waals surface area contributed by atoms with E-state index in [9.17, 15) is 4.79 Å². The molecular weight excluding hydrogens is 358 g/mol. The summed E-state index contributed by atoms with van der Waals surface area (Å²) in [5.74, 6) is 1.63. The minimum atomic E-state index is 0.0963. The maximum absolute atomic E-state index is 11.8. The highest BCUT2D eigenvalue weighted by Gasteiger charge is 2.30. The number of hydrogen-bond acceptors (Lipinski definition) is 6. The number of aryl methyl sites for hydroxylation is 1. The summed E-state index contributed by atoms with van der Waals surface area (Å²) in [6.07, 6.45) is 5.63. The average Bonchev–Trinajstić information content (AvgIpc) is 3.31. The summed E-state index contributed by atoms with van der Waals surface area (Å²) in [6.45, 7) is 4.47. The van der Waals surface area contributed by atoms with Gasteiger partial charge in [0, 0.05) is 25.9 Å². The molecule has 138 valence electrons. The molecule has 3 aromatic rings. The van der Waals surface area contributed by atoms with Crippen LogP contribution in [0.1, 0.15) is 36.4 Å². The Morgan fingerprint density at radius 1 is 1.26 bits per heavy atom. The predicted octanol–water partition coefficient (Wildman–Crippen LogP) is 4.34. The fourth-order valence-electron chi connectivity index (χ4n) is 3.34. The van der Waals surface area contributed by atoms with Gasteiger partial charge in [-0.15, -0.1) is 11.3 Å². The molecule has 1 amide bonds. The summed E-state index contributed by atoms with van der Waals surface area (Å²) in [6, 6.07) is 9.90. The maximum Gasteiger partial charge on any atom is 0.220 e. The van der Waals surface area contributed by atoms with E-state index in [1.165, 1.54) is 0 Å². The van der Waals surface area contributed by atoms with E-state index in [1.807, 2.05) is 48.4 Å². The van der Waals surface area contributed by atoms with Crippen molar-refractivity contribution in [2.24, 2.45) is 0 Å². The monoisotopic (exact) mass is 379 g/mol. The SMILES string of the molecule is CC(=O)N1CCCC1c1ncc(-c2cccc(Nc3cc(C)ccn3)n2)s1. The first-order valence-corrected chi connectivity index (χ1v) is 9.82. The molecule has 7 heteroatoms. The normalized spacial score (nSPS) is 16.5. The number of aromatic nitrogens is 3. The van der Waals surface area contributed by atoms with Gasteiger partial charge in [-0.3, -0.25) is 4.79 Å². The van der Waals surface area contributed by atoms with Crippen molar-refractivity contribution in [1.82, 2.24) is 19.9 Å². The first-order valence-electron chi connectivity index (χ1n) is 9.00. The number of pyridine rings is 2. The van der Waals surface area contributed by atoms with Gasteiger partial charge in [0.25, 0.3) is 0 Å². The zero-order valence-corrected chi connectivity index (χ0v) is 16.2. The van der Waals surface area contributed by atoms with Crippen molar-refractivity contribution in [2.75, 3.05) is 11.9 Å². The highest BCUT2D eigenvalue weighted by molar-refractivity contribution is 7.15. The molecule has 1 saturated heterocycles. The summed E-state index contributed by atoms with van der Waals surface area (Å²) in [5.41, 5.74) is 2.01. The minimum absolute atomic E-state index is 0.0963. The lowest BCUT2D eigenvalue weighted by atomic mass is 10.2. The zero-order valence-electron chi connectivity index (χ0n) is 15.3. The second-order valence-corrected chi connectivity index (χ2v) is 7.75. The van der Waals surface area contributed by atoms with Crippen LogP contribution in [0.25, 0.3) is 10.6 Å². The van der Waals surface area contributed by atoms with Crippen molar-refractivity contribution in [1.29, 1.82) is 0 Å². The van der Waals surface area contributed by atoms with E-state index in [0.717, 1.165) is 52.2 Å². The zero-order chi connectivity index (χ0) is 18.8. The van der Waals surface area contributed by atoms with Gasteiger partial charge in [-0.2, -0.15) is 0 Å². The number of carbonyl (C=O) groups is 1. The van der Waals surface area contributed by atoms with Crippen molar-refractivity contribution < 1.29 is 4.79 Å². The van der Waals surface area contributed by atoms with E-state index < -0.39 is 0 Å². The van der Waals surface area contributed by atoms with Crippen LogP contribution in [0.15, 0.2) is 42.7 Å². The Morgan fingerprint density at radius 3 is 2.96 bits per heavy atom. The average molecular weight is 379 g/mol. The van der Waals surface area contributed by atoms with Gasteiger partial charge >= 0.3 is 0 Å². The highest BCUT2D eigenvalue weighted by atomic mass is 32.1. The minimum Gasteiger partial charge on any atom is -0.333 e. The molecule has 0 bridgehead atoms. The Kier molecular flexibility index (Phi) is 4.85. The van der Waals surface area contributed by atoms with Gasteiger partial charge in [-0.25, -0.2) is 15.0 Å². The molecule has 0 saturated carbocycles. The number of anilines is 2. The molecule has 1 unspecified atom stereocenters. The van der Waals surface area contributed by atoms with E-state index >= 15 is 0 Å². The summed E-state index contributed by atoms with van der Waals surface area (Å²) < 4.78 is 0. The quantitative estimate of drug-likeness (QED) is 0.730. The van der Waals surface area contributed by atoms with Gasteiger partial charge < -0.3 is 10.2 Å². The first kappa shape index (κ1) is 17.6. The largest absolute Gasteiger partial charge is 0.333 e. The fraction of sp³-hybridized carbons (Fsp3) is 0.300. The van der Waals surface area contributed by atoms with Crippen LogP contribution in [0.2, 0.25) is 0 Å². The van der Waals surface area contributed by atoms with Gasteiger partial charge in [-0.1, -0.05) is 6.07 Å². The number of nitrogens with one attached hydrogen (secondary N) is 1. The lowest BCUT2D eigenvalue weighted by molar-refractivity contribution is -0.129. The molecule has 0 aromatic carbocycles. The maximum atomic E-state index is 11.8. The summed E-state index contributed by atoms with van der Waals surface area (Å²) >= 11 is 1.61. The van der Waals surface area contributed by atoms with Gasteiger partial charge in [0.1, 0.15) is 16.6 Å². The summed E-state index contributed by atoms with van der Waals surface area (Å²) in [7, 11) is 0. The molecule has 1 fully saturated rings. The van der Waals surface area contributed by atoms with Crippen LogP contribution in [-0.4, -0.2) is 32.3 Å². The van der Waals surface area contributed by atoms with E-state index in [0.29, 0.717) is 0 Å². The summed E-state index contributed by atoms with van der Waals surface area (Å²) in [5, 5.41) is 4.23. The van der Waals surface area contributed by atoms with Gasteiger partial charge in [0.15, 0.2) is 0 Å². The first-order chi connectivity index (χ1) is 13.1. The number of rotatable bonds is 4. The molecule has 3 aromatic heterocycles. The van der Waals surface area contributed by atoms with E-state index in [1.54, 1.807) is 24.5 Å². The van der Waals surface area contributed by atoms with Crippen molar-refractivity contribution in [2.45, 2.75) is 32.7 Å². The van der Waals surface area contributed by atoms with Crippen molar-refractivity contribution >= 4 is 28.9 Å². The van der Waals surface area contributed by atoms with E-state index in [2.05, 4.69) is 15.3 Å². The molecule has 0 spiro atoms. The fourth-order valence-corrected chi connectivity index (χ4v) is 4.37. The van der Waals surface area contributed by atoms with Crippen LogP contribution in [0, 0.1) is 6.92 Å². The predicted molar refractivity (Wildman–Crippen MR) is 107 cm³/mol. The number of amides is 1. The second kappa shape index (κ2) is 7.44. The molecule has 6 nitrogen and oxygen atoms in total. The van der Waals surface area contributed by atoms with E-state index in [-0.39, 0.29) is 11.9 Å². The van der Waals surface area contributed by atoms with Gasteiger partial charge in [0.2, 0.25) is 5.91 Å². The lowest BCUT2D eigenvalue weighted by Crippen LogP contribution is -2.27. The number of carbonyl (C=O) groups excluding carboxylic acids is 1. The molecule has 4 rings (SSSR count). The molecule has 1 atom stereocenters. The van der Waals surface area contributed by atoms with Crippen LogP contribution in [-0.2, 0) is 4.79 Å². The third-order valence-electron chi connectivity index (χ3n) is 4.64. The highest BCUT2D eigenvalue weighted by Crippen LogP contribution is 2.37. The molecule has 0 aliphatic carbocycles. The Labute approximate surface area is 162 Å². The molecule has 1 aliphatic heterocycles. The number of hydrogen-bond donors (Lipinski definition) is 1. The van der Waals surface area contributed by atoms with Crippen LogP contribution >= 0.6 is 11.3 Å². The van der Waals surface area contributed by atoms with Crippen LogP contribution in [0.4, 0.5) is 11.6 Å². The molecule has 1 N–H and O–H groups in total. The Hall–Kier alpha value is -2.80. The van der Waals surface area contributed by atoms with Crippen molar-refractivity contribution in [3.63, 3.8) is 0 Å². The molecule has 4 heterocycles. The Morgan fingerprint density at radius 2 is 2.15 bits per heavy atom. The van der Waals surface area contributed by atoms with Crippen molar-refractivity contribution in [3.8, 4) is 10.6 Å². The van der Waals surface area contributed by atoms with E-state index in [4.69, 9.17) is 4.98 Å². The van der Waals surface area contributed by atoms with Gasteiger partial charge in [-0.05, 0) is 49.6 Å². The second-order valence-electron chi connectivity index (χ2n) is 6.68. The lowest BCUT2D eigenvalue weighted by Gasteiger charge is -2.21. The third kappa shape index (κ3) is 3.83. The number of thiazole rings is 1.